The van der Waals surface area contributed by atoms with E-state index in [4.69, 9.17) is 4.74 Å². The van der Waals surface area contributed by atoms with Gasteiger partial charge in [0.1, 0.15) is 5.71 Å². The Morgan fingerprint density at radius 3 is 2.95 bits per heavy atom. The van der Waals surface area contributed by atoms with Gasteiger partial charge in [-0.15, -0.1) is 0 Å². The molecular formula is C13H14N4O4. The topological polar surface area (TPSA) is 112 Å². The Balaban J connectivity index is 2.03. The van der Waals surface area contributed by atoms with Crippen LogP contribution >= 0.6 is 0 Å². The maximum Gasteiger partial charge on any atom is 0.288 e. The van der Waals surface area contributed by atoms with Crippen molar-refractivity contribution in [2.75, 3.05) is 7.11 Å². The number of carbonyl (C=O) groups is 2. The highest BCUT2D eigenvalue weighted by atomic mass is 16.5. The van der Waals surface area contributed by atoms with E-state index in [-0.39, 0.29) is 17.4 Å². The summed E-state index contributed by atoms with van der Waals surface area (Å²) in [5.41, 5.74) is 4.90. The van der Waals surface area contributed by atoms with Crippen LogP contribution < -0.4 is 15.6 Å². The molecule has 8 nitrogen and oxygen atoms in total. The van der Waals surface area contributed by atoms with E-state index in [1.165, 1.54) is 13.3 Å². The van der Waals surface area contributed by atoms with Crippen LogP contribution in [0.25, 0.3) is 0 Å². The standard InChI is InChI=1S/C13H14N4O4/c1-7-10(15-17-12(7)19)13(20)16-14-6-8-4-3-5-9(21-2)11(8)18/h3-7,18H,1-2H3,(H,16,20)(H,17,19)/b14-6-/t7-/m1/s1. The van der Waals surface area contributed by atoms with Crippen LogP contribution in [0.4, 0.5) is 0 Å². The van der Waals surface area contributed by atoms with Gasteiger partial charge in [0.25, 0.3) is 5.91 Å². The average Bonchev–Trinajstić information content (AvgIpc) is 2.81. The molecule has 2 rings (SSSR count). The lowest BCUT2D eigenvalue weighted by atomic mass is 10.1. The fourth-order valence-electron chi connectivity index (χ4n) is 1.71. The molecule has 21 heavy (non-hydrogen) atoms. The van der Waals surface area contributed by atoms with Crippen LogP contribution in [0, 0.1) is 5.92 Å². The van der Waals surface area contributed by atoms with E-state index >= 15 is 0 Å². The number of ether oxygens (including phenoxy) is 1. The molecule has 0 radical (unpaired) electrons. The summed E-state index contributed by atoms with van der Waals surface area (Å²) in [4.78, 5) is 23.0. The summed E-state index contributed by atoms with van der Waals surface area (Å²) < 4.78 is 4.96. The Hall–Kier alpha value is -2.90. The van der Waals surface area contributed by atoms with Crippen molar-refractivity contribution in [2.24, 2.45) is 16.1 Å². The van der Waals surface area contributed by atoms with Gasteiger partial charge in [-0.2, -0.15) is 10.2 Å². The number of amides is 2. The minimum atomic E-state index is -0.620. The van der Waals surface area contributed by atoms with Crippen molar-refractivity contribution in [3.8, 4) is 11.5 Å². The second-order valence-corrected chi connectivity index (χ2v) is 4.29. The minimum Gasteiger partial charge on any atom is -0.504 e. The van der Waals surface area contributed by atoms with Crippen LogP contribution in [0.1, 0.15) is 12.5 Å². The van der Waals surface area contributed by atoms with E-state index < -0.39 is 11.8 Å². The van der Waals surface area contributed by atoms with Crippen molar-refractivity contribution in [2.45, 2.75) is 6.92 Å². The maximum absolute atomic E-state index is 11.8. The molecular weight excluding hydrogens is 276 g/mol. The van der Waals surface area contributed by atoms with Gasteiger partial charge in [-0.25, -0.2) is 10.9 Å². The van der Waals surface area contributed by atoms with Crippen LogP contribution in [-0.2, 0) is 9.59 Å². The molecule has 0 fully saturated rings. The number of rotatable bonds is 4. The van der Waals surface area contributed by atoms with Gasteiger partial charge in [-0.1, -0.05) is 6.07 Å². The number of aromatic hydroxyl groups is 1. The molecule has 0 saturated heterocycles. The number of carbonyl (C=O) groups excluding carboxylic acids is 2. The highest BCUT2D eigenvalue weighted by Crippen LogP contribution is 2.27. The summed E-state index contributed by atoms with van der Waals surface area (Å²) >= 11 is 0. The molecule has 1 aromatic rings. The number of nitrogens with one attached hydrogen (secondary N) is 2. The van der Waals surface area contributed by atoms with E-state index in [0.717, 1.165) is 0 Å². The van der Waals surface area contributed by atoms with Crippen LogP contribution in [0.15, 0.2) is 28.4 Å². The number of phenols is 1. The molecule has 0 unspecified atom stereocenters. The smallest absolute Gasteiger partial charge is 0.288 e. The predicted molar refractivity (Wildman–Crippen MR) is 75.1 cm³/mol. The van der Waals surface area contributed by atoms with Crippen molar-refractivity contribution in [1.82, 2.24) is 10.9 Å². The SMILES string of the molecule is COc1cccc(/C=N\NC(=O)C2=NNC(=O)[C@@H]2C)c1O. The lowest BCUT2D eigenvalue weighted by molar-refractivity contribution is -0.122. The van der Waals surface area contributed by atoms with Crippen molar-refractivity contribution in [3.63, 3.8) is 0 Å². The van der Waals surface area contributed by atoms with Gasteiger partial charge >= 0.3 is 0 Å². The van der Waals surface area contributed by atoms with Crippen molar-refractivity contribution in [3.05, 3.63) is 23.8 Å². The monoisotopic (exact) mass is 290 g/mol. The molecule has 0 aliphatic carbocycles. The third kappa shape index (κ3) is 2.99. The molecule has 1 aliphatic heterocycles. The van der Waals surface area contributed by atoms with E-state index in [9.17, 15) is 14.7 Å². The first kappa shape index (κ1) is 14.5. The zero-order valence-corrected chi connectivity index (χ0v) is 11.5. The van der Waals surface area contributed by atoms with Gasteiger partial charge in [0, 0.05) is 5.56 Å². The summed E-state index contributed by atoms with van der Waals surface area (Å²) in [5, 5.41) is 17.2. The number of nitrogens with zero attached hydrogens (tertiary/aromatic N) is 2. The van der Waals surface area contributed by atoms with Crippen LogP contribution in [0.5, 0.6) is 11.5 Å². The number of hydrazone groups is 2. The molecule has 2 amide bonds. The number of phenolic OH excluding ortho intramolecular Hbond substituents is 1. The van der Waals surface area contributed by atoms with Gasteiger partial charge in [0.2, 0.25) is 5.91 Å². The highest BCUT2D eigenvalue weighted by Gasteiger charge is 2.30. The largest absolute Gasteiger partial charge is 0.504 e. The lowest BCUT2D eigenvalue weighted by Crippen LogP contribution is -2.32. The van der Waals surface area contributed by atoms with E-state index in [2.05, 4.69) is 21.1 Å². The van der Waals surface area contributed by atoms with Crippen molar-refractivity contribution >= 4 is 23.7 Å². The fourth-order valence-corrected chi connectivity index (χ4v) is 1.71. The van der Waals surface area contributed by atoms with Crippen molar-refractivity contribution < 1.29 is 19.4 Å². The minimum absolute atomic E-state index is 0.0621. The molecule has 3 N–H and O–H groups in total. The zero-order valence-electron chi connectivity index (χ0n) is 11.5. The van der Waals surface area contributed by atoms with Crippen LogP contribution in [0.2, 0.25) is 0 Å². The lowest BCUT2D eigenvalue weighted by Gasteiger charge is -2.05. The Morgan fingerprint density at radius 1 is 1.57 bits per heavy atom. The molecule has 110 valence electrons. The molecule has 1 atom stereocenters. The molecule has 1 aliphatic rings. The number of hydrogen-bond acceptors (Lipinski definition) is 6. The fraction of sp³-hybridized carbons (Fsp3) is 0.231. The summed E-state index contributed by atoms with van der Waals surface area (Å²) in [5.74, 6) is -1.32. The predicted octanol–water partition coefficient (Wildman–Crippen LogP) is -0.0272. The van der Waals surface area contributed by atoms with Crippen LogP contribution in [-0.4, -0.2) is 36.0 Å². The van der Waals surface area contributed by atoms with Gasteiger partial charge in [0.15, 0.2) is 11.5 Å². The summed E-state index contributed by atoms with van der Waals surface area (Å²) in [6.45, 7) is 1.57. The number of hydrogen-bond donors (Lipinski definition) is 3. The Morgan fingerprint density at radius 2 is 2.33 bits per heavy atom. The molecule has 1 aromatic carbocycles. The maximum atomic E-state index is 11.8. The summed E-state index contributed by atoms with van der Waals surface area (Å²) in [6.07, 6.45) is 1.27. The summed E-state index contributed by atoms with van der Waals surface area (Å²) in [6, 6.07) is 4.87. The Labute approximate surface area is 120 Å². The van der Waals surface area contributed by atoms with E-state index in [1.807, 2.05) is 0 Å². The van der Waals surface area contributed by atoms with Gasteiger partial charge in [-0.05, 0) is 19.1 Å². The molecule has 8 heteroatoms. The highest BCUT2D eigenvalue weighted by molar-refractivity contribution is 6.44. The number of methoxy groups -OCH3 is 1. The first-order valence-electron chi connectivity index (χ1n) is 6.11. The number of para-hydroxylation sites is 1. The third-order valence-electron chi connectivity index (χ3n) is 2.94. The van der Waals surface area contributed by atoms with Gasteiger partial charge in [-0.3, -0.25) is 9.59 Å². The van der Waals surface area contributed by atoms with E-state index in [0.29, 0.717) is 11.3 Å². The first-order valence-corrected chi connectivity index (χ1v) is 6.11. The molecule has 0 bridgehead atoms. The Bertz CT molecular complexity index is 639. The zero-order chi connectivity index (χ0) is 15.4. The number of benzene rings is 1. The Kier molecular flexibility index (Phi) is 4.17. The normalized spacial score (nSPS) is 17.5. The molecule has 0 spiro atoms. The molecule has 0 saturated carbocycles. The second kappa shape index (κ2) is 6.04. The van der Waals surface area contributed by atoms with E-state index in [1.54, 1.807) is 25.1 Å². The van der Waals surface area contributed by atoms with Gasteiger partial charge < -0.3 is 9.84 Å². The first-order chi connectivity index (χ1) is 10.0. The molecule has 1 heterocycles. The quantitative estimate of drug-likeness (QED) is 0.534. The van der Waals surface area contributed by atoms with Crippen LogP contribution in [0.3, 0.4) is 0 Å². The average molecular weight is 290 g/mol. The molecule has 0 aromatic heterocycles. The second-order valence-electron chi connectivity index (χ2n) is 4.29. The van der Waals surface area contributed by atoms with Crippen molar-refractivity contribution in [1.29, 1.82) is 0 Å². The third-order valence-corrected chi connectivity index (χ3v) is 2.94. The van der Waals surface area contributed by atoms with Gasteiger partial charge in [0.05, 0.1) is 19.2 Å². The summed E-state index contributed by atoms with van der Waals surface area (Å²) in [7, 11) is 1.43.